The molecule has 27 heavy (non-hydrogen) atoms. The van der Waals surface area contributed by atoms with E-state index in [1.54, 1.807) is 23.5 Å². The van der Waals surface area contributed by atoms with Gasteiger partial charge in [0.05, 0.1) is 10.6 Å². The topological polar surface area (TPSA) is 58.5 Å². The minimum Gasteiger partial charge on any atom is -0.508 e. The van der Waals surface area contributed by atoms with E-state index in [0.29, 0.717) is 6.61 Å². The number of hydrogen-bond donors (Lipinski definition) is 1. The van der Waals surface area contributed by atoms with Gasteiger partial charge >= 0.3 is 0 Å². The molecule has 5 rings (SSSR count). The standard InChI is InChI=1S/C21H19N3O2S/c25-17-3-4-19-15(9-17)8-14(13-26-19)11-24-6-5-18-16(12-24)10-22-21(23-18)20-2-1-7-27-20/h1-4,7-10,25H,5-6,11-13H2. The van der Waals surface area contributed by atoms with E-state index in [0.717, 1.165) is 53.8 Å². The highest BCUT2D eigenvalue weighted by molar-refractivity contribution is 7.13. The third-order valence-corrected chi connectivity index (χ3v) is 5.81. The van der Waals surface area contributed by atoms with Crippen molar-refractivity contribution in [2.24, 2.45) is 0 Å². The van der Waals surface area contributed by atoms with Gasteiger partial charge in [0.15, 0.2) is 5.82 Å². The molecular formula is C21H19N3O2S. The van der Waals surface area contributed by atoms with Crippen molar-refractivity contribution in [3.05, 3.63) is 64.3 Å². The second-order valence-corrected chi connectivity index (χ2v) is 7.86. The zero-order valence-corrected chi connectivity index (χ0v) is 15.6. The van der Waals surface area contributed by atoms with E-state index >= 15 is 0 Å². The van der Waals surface area contributed by atoms with Crippen LogP contribution in [0.3, 0.4) is 0 Å². The lowest BCUT2D eigenvalue weighted by Crippen LogP contribution is -2.34. The SMILES string of the molecule is Oc1ccc2c(c1)C=C(CN1CCc3nc(-c4cccs4)ncc3C1)CO2. The van der Waals surface area contributed by atoms with Gasteiger partial charge in [-0.3, -0.25) is 4.90 Å². The van der Waals surface area contributed by atoms with E-state index in [9.17, 15) is 5.11 Å². The molecule has 0 aliphatic carbocycles. The van der Waals surface area contributed by atoms with Crippen molar-refractivity contribution < 1.29 is 9.84 Å². The number of benzene rings is 1. The largest absolute Gasteiger partial charge is 0.508 e. The van der Waals surface area contributed by atoms with E-state index in [-0.39, 0.29) is 5.75 Å². The van der Waals surface area contributed by atoms with Crippen LogP contribution in [-0.4, -0.2) is 39.7 Å². The molecule has 0 atom stereocenters. The third kappa shape index (κ3) is 3.34. The van der Waals surface area contributed by atoms with Crippen LogP contribution in [0.2, 0.25) is 0 Å². The zero-order valence-electron chi connectivity index (χ0n) is 14.8. The number of phenolic OH excluding ortho intramolecular Hbond substituents is 1. The molecule has 6 heteroatoms. The minimum absolute atomic E-state index is 0.264. The van der Waals surface area contributed by atoms with Gasteiger partial charge < -0.3 is 9.84 Å². The summed E-state index contributed by atoms with van der Waals surface area (Å²) in [6.07, 6.45) is 5.04. The summed E-state index contributed by atoms with van der Waals surface area (Å²) in [6.45, 7) is 3.26. The number of thiophene rings is 1. The van der Waals surface area contributed by atoms with E-state index in [1.165, 1.54) is 11.1 Å². The highest BCUT2D eigenvalue weighted by atomic mass is 32.1. The van der Waals surface area contributed by atoms with Gasteiger partial charge in [0.1, 0.15) is 18.1 Å². The first kappa shape index (κ1) is 16.5. The van der Waals surface area contributed by atoms with Crippen molar-refractivity contribution in [3.63, 3.8) is 0 Å². The van der Waals surface area contributed by atoms with Crippen LogP contribution in [-0.2, 0) is 13.0 Å². The van der Waals surface area contributed by atoms with E-state index in [2.05, 4.69) is 27.4 Å². The van der Waals surface area contributed by atoms with Gasteiger partial charge in [0, 0.05) is 43.4 Å². The summed E-state index contributed by atoms with van der Waals surface area (Å²) in [4.78, 5) is 12.9. The average Bonchev–Trinajstić information content (AvgIpc) is 3.22. The fourth-order valence-electron chi connectivity index (χ4n) is 3.62. The highest BCUT2D eigenvalue weighted by Gasteiger charge is 2.21. The maximum absolute atomic E-state index is 9.69. The Labute approximate surface area is 161 Å². The van der Waals surface area contributed by atoms with Gasteiger partial charge in [0.2, 0.25) is 0 Å². The fraction of sp³-hybridized carbons (Fsp3) is 0.238. The van der Waals surface area contributed by atoms with Crippen LogP contribution in [0.1, 0.15) is 16.8 Å². The first-order valence-corrected chi connectivity index (χ1v) is 9.89. The molecule has 0 spiro atoms. The van der Waals surface area contributed by atoms with Crippen molar-refractivity contribution in [1.29, 1.82) is 0 Å². The minimum atomic E-state index is 0.264. The number of aromatic hydroxyl groups is 1. The molecule has 136 valence electrons. The van der Waals surface area contributed by atoms with Crippen LogP contribution in [0.15, 0.2) is 47.5 Å². The summed E-state index contributed by atoms with van der Waals surface area (Å²) in [6, 6.07) is 9.32. The number of rotatable bonds is 3. The maximum atomic E-state index is 9.69. The molecule has 0 radical (unpaired) electrons. The average molecular weight is 377 g/mol. The molecule has 2 aliphatic rings. The normalized spacial score (nSPS) is 16.2. The van der Waals surface area contributed by atoms with Crippen LogP contribution in [0.5, 0.6) is 11.5 Å². The Morgan fingerprint density at radius 1 is 1.26 bits per heavy atom. The molecule has 2 aliphatic heterocycles. The third-order valence-electron chi connectivity index (χ3n) is 4.95. The molecule has 3 aromatic rings. The van der Waals surface area contributed by atoms with Crippen molar-refractivity contribution in [2.45, 2.75) is 13.0 Å². The van der Waals surface area contributed by atoms with Crippen molar-refractivity contribution >= 4 is 17.4 Å². The van der Waals surface area contributed by atoms with Crippen LogP contribution in [0.25, 0.3) is 16.8 Å². The molecule has 0 saturated carbocycles. The molecule has 0 amide bonds. The molecule has 0 saturated heterocycles. The number of ether oxygens (including phenoxy) is 1. The van der Waals surface area contributed by atoms with Crippen LogP contribution < -0.4 is 4.74 Å². The van der Waals surface area contributed by atoms with Crippen LogP contribution in [0, 0.1) is 0 Å². The lowest BCUT2D eigenvalue weighted by molar-refractivity contribution is 0.255. The summed E-state index contributed by atoms with van der Waals surface area (Å²) in [7, 11) is 0. The molecule has 5 nitrogen and oxygen atoms in total. The summed E-state index contributed by atoms with van der Waals surface area (Å²) in [5.41, 5.74) is 4.52. The van der Waals surface area contributed by atoms with Gasteiger partial charge in [0.25, 0.3) is 0 Å². The summed E-state index contributed by atoms with van der Waals surface area (Å²) >= 11 is 1.67. The molecule has 1 N–H and O–H groups in total. The highest BCUT2D eigenvalue weighted by Crippen LogP contribution is 2.30. The Morgan fingerprint density at radius 2 is 2.22 bits per heavy atom. The molecule has 1 aromatic carbocycles. The smallest absolute Gasteiger partial charge is 0.169 e. The monoisotopic (exact) mass is 377 g/mol. The number of fused-ring (bicyclic) bond motifs is 2. The number of hydrogen-bond acceptors (Lipinski definition) is 6. The quantitative estimate of drug-likeness (QED) is 0.753. The Balaban J connectivity index is 1.32. The maximum Gasteiger partial charge on any atom is 0.169 e. The van der Waals surface area contributed by atoms with E-state index < -0.39 is 0 Å². The van der Waals surface area contributed by atoms with Crippen molar-refractivity contribution in [3.8, 4) is 22.2 Å². The van der Waals surface area contributed by atoms with Crippen molar-refractivity contribution in [2.75, 3.05) is 19.7 Å². The fourth-order valence-corrected chi connectivity index (χ4v) is 4.29. The Hall–Kier alpha value is -2.70. The summed E-state index contributed by atoms with van der Waals surface area (Å²) in [5.74, 6) is 1.92. The van der Waals surface area contributed by atoms with Gasteiger partial charge in [-0.15, -0.1) is 11.3 Å². The number of aromatic nitrogens is 2. The lowest BCUT2D eigenvalue weighted by atomic mass is 10.0. The van der Waals surface area contributed by atoms with Gasteiger partial charge in [-0.2, -0.15) is 0 Å². The molecule has 0 bridgehead atoms. The van der Waals surface area contributed by atoms with E-state index in [4.69, 9.17) is 9.72 Å². The molecule has 0 fully saturated rings. The predicted octanol–water partition coefficient (Wildman–Crippen LogP) is 3.74. The first-order valence-electron chi connectivity index (χ1n) is 9.01. The van der Waals surface area contributed by atoms with Crippen LogP contribution >= 0.6 is 11.3 Å². The molecule has 0 unspecified atom stereocenters. The Morgan fingerprint density at radius 3 is 3.11 bits per heavy atom. The number of nitrogens with zero attached hydrogens (tertiary/aromatic N) is 3. The van der Waals surface area contributed by atoms with Gasteiger partial charge in [-0.1, -0.05) is 6.07 Å². The van der Waals surface area contributed by atoms with Gasteiger partial charge in [-0.25, -0.2) is 9.97 Å². The molecule has 2 aromatic heterocycles. The second-order valence-electron chi connectivity index (χ2n) is 6.92. The zero-order chi connectivity index (χ0) is 18.2. The Bertz CT molecular complexity index is 1010. The molecule has 4 heterocycles. The number of phenols is 1. The second kappa shape index (κ2) is 6.79. The Kier molecular flexibility index (Phi) is 4.14. The lowest BCUT2D eigenvalue weighted by Gasteiger charge is -2.30. The summed E-state index contributed by atoms with van der Waals surface area (Å²) in [5, 5.41) is 11.7. The van der Waals surface area contributed by atoms with Crippen molar-refractivity contribution in [1.82, 2.24) is 14.9 Å². The first-order chi connectivity index (χ1) is 13.2. The van der Waals surface area contributed by atoms with Crippen LogP contribution in [0.4, 0.5) is 0 Å². The predicted molar refractivity (Wildman–Crippen MR) is 106 cm³/mol. The van der Waals surface area contributed by atoms with E-state index in [1.807, 2.05) is 18.3 Å². The summed E-state index contributed by atoms with van der Waals surface area (Å²) < 4.78 is 5.83. The van der Waals surface area contributed by atoms with Gasteiger partial charge in [-0.05, 0) is 41.3 Å². The molecular weight excluding hydrogens is 358 g/mol.